The molecule has 0 unspecified atom stereocenters. The van der Waals surface area contributed by atoms with Gasteiger partial charge in [0.25, 0.3) is 0 Å². The molecule has 0 aromatic carbocycles. The Balaban J connectivity index is 0. The fourth-order valence-corrected chi connectivity index (χ4v) is 5.28. The quantitative estimate of drug-likeness (QED) is 0.118. The molecule has 3 N–H and O–H groups in total. The van der Waals surface area contributed by atoms with Gasteiger partial charge in [-0.1, -0.05) is 104 Å². The van der Waals surface area contributed by atoms with Crippen LogP contribution in [0, 0.1) is 0 Å². The molecule has 174 valence electrons. The number of phosphoric acid groups is 1. The molecule has 0 bridgehead atoms. The van der Waals surface area contributed by atoms with E-state index in [0.717, 1.165) is 11.5 Å². The van der Waals surface area contributed by atoms with Gasteiger partial charge in [-0.25, -0.2) is 4.57 Å². The molecule has 5 nitrogen and oxygen atoms in total. The lowest BCUT2D eigenvalue weighted by molar-refractivity contribution is 0.275. The number of rotatable bonds is 18. The highest BCUT2D eigenvalue weighted by Gasteiger charge is 2.08. The molecule has 0 amide bonds. The average Bonchev–Trinajstić information content (AvgIpc) is 2.58. The van der Waals surface area contributed by atoms with Crippen LogP contribution in [-0.4, -0.2) is 36.7 Å². The normalized spacial score (nSPS) is 12.5. The van der Waals surface area contributed by atoms with Gasteiger partial charge in [0, 0.05) is 11.5 Å². The van der Waals surface area contributed by atoms with E-state index in [1.165, 1.54) is 103 Å². The van der Waals surface area contributed by atoms with Crippen molar-refractivity contribution in [2.24, 2.45) is 0 Å². The molecular formula is C21H49O5PS. The first-order chi connectivity index (χ1) is 13.1. The monoisotopic (exact) mass is 444 g/mol. The lowest BCUT2D eigenvalue weighted by Crippen LogP contribution is -2.19. The molecule has 0 aromatic heterocycles. The molecular weight excluding hydrogens is 395 g/mol. The SMILES string of the molecule is CCCCCCCCCC[SH](C)(=O)CCCCCCCCCC.O=P(O)(O)O. The van der Waals surface area contributed by atoms with Gasteiger partial charge in [0.2, 0.25) is 0 Å². The van der Waals surface area contributed by atoms with E-state index in [2.05, 4.69) is 20.1 Å². The van der Waals surface area contributed by atoms with E-state index >= 15 is 0 Å². The fraction of sp³-hybridized carbons (Fsp3) is 1.00. The van der Waals surface area contributed by atoms with Crippen LogP contribution in [0.25, 0.3) is 0 Å². The Hall–Kier alpha value is 0.260. The number of hydrogen-bond acceptors (Lipinski definition) is 2. The molecule has 0 heterocycles. The van der Waals surface area contributed by atoms with Gasteiger partial charge in [-0.2, -0.15) is 0 Å². The number of thiol groups is 1. The van der Waals surface area contributed by atoms with Crippen LogP contribution in [0.2, 0.25) is 0 Å². The van der Waals surface area contributed by atoms with Gasteiger partial charge in [-0.3, -0.25) is 4.21 Å². The first kappa shape index (κ1) is 30.5. The highest BCUT2D eigenvalue weighted by Crippen LogP contribution is 2.25. The second kappa shape index (κ2) is 20.5. The number of hydrogen-bond donors (Lipinski definition) is 4. The van der Waals surface area contributed by atoms with Crippen LogP contribution in [0.4, 0.5) is 0 Å². The zero-order chi connectivity index (χ0) is 21.7. The van der Waals surface area contributed by atoms with Crippen molar-refractivity contribution in [2.75, 3.05) is 17.8 Å². The molecule has 0 fully saturated rings. The van der Waals surface area contributed by atoms with Crippen LogP contribution >= 0.6 is 7.82 Å². The van der Waals surface area contributed by atoms with Crippen molar-refractivity contribution in [3.05, 3.63) is 0 Å². The summed E-state index contributed by atoms with van der Waals surface area (Å²) in [7, 11) is -6.46. The van der Waals surface area contributed by atoms with Crippen molar-refractivity contribution in [1.29, 1.82) is 0 Å². The maximum absolute atomic E-state index is 12.6. The van der Waals surface area contributed by atoms with E-state index in [9.17, 15) is 4.21 Å². The molecule has 0 saturated carbocycles. The van der Waals surface area contributed by atoms with Crippen molar-refractivity contribution in [3.8, 4) is 0 Å². The van der Waals surface area contributed by atoms with Gasteiger partial charge in [0.1, 0.15) is 0 Å². The van der Waals surface area contributed by atoms with Crippen LogP contribution in [0.1, 0.15) is 117 Å². The number of unbranched alkanes of at least 4 members (excludes halogenated alkanes) is 14. The Morgan fingerprint density at radius 3 is 1.04 bits per heavy atom. The third kappa shape index (κ3) is 33.8. The summed E-state index contributed by atoms with van der Waals surface area (Å²) in [6.45, 7) is 4.54. The predicted molar refractivity (Wildman–Crippen MR) is 125 cm³/mol. The minimum Gasteiger partial charge on any atom is -0.303 e. The van der Waals surface area contributed by atoms with Crippen molar-refractivity contribution >= 4 is 17.8 Å². The predicted octanol–water partition coefficient (Wildman–Crippen LogP) is 5.99. The summed E-state index contributed by atoms with van der Waals surface area (Å²) in [5.41, 5.74) is 0. The molecule has 28 heavy (non-hydrogen) atoms. The first-order valence-electron chi connectivity index (χ1n) is 11.5. The molecule has 7 heteroatoms. The zero-order valence-corrected chi connectivity index (χ0v) is 20.6. The topological polar surface area (TPSA) is 94.8 Å². The van der Waals surface area contributed by atoms with E-state index in [1.807, 2.05) is 0 Å². The summed E-state index contributed by atoms with van der Waals surface area (Å²) < 4.78 is 21.4. The van der Waals surface area contributed by atoms with Crippen LogP contribution in [0.5, 0.6) is 0 Å². The van der Waals surface area contributed by atoms with Gasteiger partial charge in [-0.15, -0.1) is 9.93 Å². The standard InChI is InChI=1S/C21H46OS.H3O4P/c1-4-6-8-10-12-14-16-18-20-23(3,22)21-19-17-15-13-11-9-7-5-2;1-5(2,3)4/h23H,4-21H2,1-3H3;(H3,1,2,3,4). The Labute approximate surface area is 175 Å². The molecule has 0 saturated heterocycles. The summed E-state index contributed by atoms with van der Waals surface area (Å²) in [4.78, 5) is 21.6. The molecule has 0 aliphatic carbocycles. The Morgan fingerprint density at radius 1 is 0.571 bits per heavy atom. The maximum atomic E-state index is 12.6. The van der Waals surface area contributed by atoms with Gasteiger partial charge in [0.05, 0.1) is 0 Å². The van der Waals surface area contributed by atoms with Crippen molar-refractivity contribution < 1.29 is 23.5 Å². The summed E-state index contributed by atoms with van der Waals surface area (Å²) >= 11 is 0. The Bertz CT molecular complexity index is 379. The third-order valence-electron chi connectivity index (χ3n) is 4.97. The smallest absolute Gasteiger partial charge is 0.303 e. The summed E-state index contributed by atoms with van der Waals surface area (Å²) in [6, 6.07) is 0. The van der Waals surface area contributed by atoms with Crippen LogP contribution < -0.4 is 0 Å². The Kier molecular flexibility index (Phi) is 22.3. The summed E-state index contributed by atoms with van der Waals surface area (Å²) in [6.07, 6.45) is 23.5. The highest BCUT2D eigenvalue weighted by molar-refractivity contribution is 8.02. The van der Waals surface area contributed by atoms with E-state index in [0.29, 0.717) is 0 Å². The maximum Gasteiger partial charge on any atom is 0.466 e. The van der Waals surface area contributed by atoms with E-state index < -0.39 is 17.8 Å². The average molecular weight is 445 g/mol. The van der Waals surface area contributed by atoms with Crippen molar-refractivity contribution in [3.63, 3.8) is 0 Å². The van der Waals surface area contributed by atoms with Gasteiger partial charge in [0.15, 0.2) is 0 Å². The van der Waals surface area contributed by atoms with Crippen molar-refractivity contribution in [2.45, 2.75) is 117 Å². The van der Waals surface area contributed by atoms with Gasteiger partial charge < -0.3 is 14.7 Å². The van der Waals surface area contributed by atoms with E-state index in [4.69, 9.17) is 19.2 Å². The summed E-state index contributed by atoms with van der Waals surface area (Å²) in [5.74, 6) is 2.00. The van der Waals surface area contributed by atoms with Crippen molar-refractivity contribution in [1.82, 2.24) is 0 Å². The lowest BCUT2D eigenvalue weighted by Gasteiger charge is -2.18. The summed E-state index contributed by atoms with van der Waals surface area (Å²) in [5, 5.41) is 0. The van der Waals surface area contributed by atoms with Crippen LogP contribution in [0.15, 0.2) is 0 Å². The Morgan fingerprint density at radius 2 is 0.786 bits per heavy atom. The largest absolute Gasteiger partial charge is 0.466 e. The van der Waals surface area contributed by atoms with Crippen LogP contribution in [0.3, 0.4) is 0 Å². The second-order valence-corrected chi connectivity index (χ2v) is 12.7. The van der Waals surface area contributed by atoms with E-state index in [-0.39, 0.29) is 0 Å². The molecule has 0 rings (SSSR count). The zero-order valence-electron chi connectivity index (χ0n) is 18.8. The molecule has 0 spiro atoms. The third-order valence-corrected chi connectivity index (χ3v) is 7.49. The fourth-order valence-electron chi connectivity index (χ4n) is 3.27. The van der Waals surface area contributed by atoms with E-state index in [1.54, 1.807) is 0 Å². The first-order valence-corrected chi connectivity index (χ1v) is 15.5. The van der Waals surface area contributed by atoms with Crippen LogP contribution in [-0.2, 0) is 14.5 Å². The molecule has 0 radical (unpaired) electrons. The molecule has 0 aromatic rings. The molecule has 0 aliphatic rings. The van der Waals surface area contributed by atoms with Gasteiger partial charge >= 0.3 is 7.82 Å². The van der Waals surface area contributed by atoms with Gasteiger partial charge in [-0.05, 0) is 19.1 Å². The highest BCUT2D eigenvalue weighted by atomic mass is 32.2. The molecule has 0 aliphatic heterocycles. The molecule has 0 atom stereocenters. The second-order valence-electron chi connectivity index (χ2n) is 8.21. The minimum absolute atomic E-state index is 0.998. The lowest BCUT2D eigenvalue weighted by atomic mass is 10.1. The minimum atomic E-state index is -4.64.